The second-order valence-electron chi connectivity index (χ2n) is 4.45. The topological polar surface area (TPSA) is 28.2 Å². The number of aromatic nitrogens is 1. The highest BCUT2D eigenvalue weighted by Gasteiger charge is 2.19. The van der Waals surface area contributed by atoms with E-state index in [0.29, 0.717) is 0 Å². The lowest BCUT2D eigenvalue weighted by Crippen LogP contribution is -2.32. The molecular formula is C13H21N3. The van der Waals surface area contributed by atoms with Gasteiger partial charge in [-0.25, -0.2) is 0 Å². The quantitative estimate of drug-likeness (QED) is 0.756. The van der Waals surface area contributed by atoms with Crippen LogP contribution < -0.4 is 5.32 Å². The number of likely N-dealkylation sites (N-methyl/N-ethyl adjacent to an activating group) is 1. The van der Waals surface area contributed by atoms with Gasteiger partial charge in [0.1, 0.15) is 0 Å². The molecule has 0 saturated heterocycles. The molecule has 0 aliphatic heterocycles. The molecule has 88 valence electrons. The van der Waals surface area contributed by atoms with Gasteiger partial charge in [-0.05, 0) is 37.1 Å². The van der Waals surface area contributed by atoms with E-state index in [-0.39, 0.29) is 0 Å². The van der Waals surface area contributed by atoms with Crippen LogP contribution in [-0.2, 0) is 6.54 Å². The first-order valence-electron chi connectivity index (χ1n) is 6.23. The average molecular weight is 219 g/mol. The molecule has 2 rings (SSSR count). The second kappa shape index (κ2) is 5.97. The zero-order valence-corrected chi connectivity index (χ0v) is 10.0. The minimum atomic E-state index is 0.819. The van der Waals surface area contributed by atoms with Crippen molar-refractivity contribution in [1.82, 2.24) is 15.2 Å². The van der Waals surface area contributed by atoms with E-state index in [0.717, 1.165) is 32.2 Å². The number of pyridine rings is 1. The van der Waals surface area contributed by atoms with Gasteiger partial charge in [0.05, 0.1) is 0 Å². The molecule has 1 aromatic heterocycles. The van der Waals surface area contributed by atoms with Crippen molar-refractivity contribution in [2.45, 2.75) is 32.4 Å². The van der Waals surface area contributed by atoms with Crippen LogP contribution in [0.2, 0.25) is 0 Å². The van der Waals surface area contributed by atoms with Crippen LogP contribution in [0.25, 0.3) is 0 Å². The fraction of sp³-hybridized carbons (Fsp3) is 0.615. The van der Waals surface area contributed by atoms with Gasteiger partial charge < -0.3 is 5.32 Å². The lowest BCUT2D eigenvalue weighted by Gasteiger charge is -2.20. The van der Waals surface area contributed by atoms with Crippen molar-refractivity contribution in [3.8, 4) is 0 Å². The Morgan fingerprint density at radius 1 is 1.38 bits per heavy atom. The van der Waals surface area contributed by atoms with E-state index in [9.17, 15) is 0 Å². The maximum absolute atomic E-state index is 4.04. The van der Waals surface area contributed by atoms with Gasteiger partial charge in [0.2, 0.25) is 0 Å². The third-order valence-electron chi connectivity index (χ3n) is 3.04. The molecule has 1 saturated carbocycles. The molecule has 16 heavy (non-hydrogen) atoms. The standard InChI is InChI=1S/C13H21N3/c1-2-16(10-9-15-13-3-4-13)11-12-5-7-14-8-6-12/h5-8,13,15H,2-4,9-11H2,1H3. The summed E-state index contributed by atoms with van der Waals surface area (Å²) in [7, 11) is 0. The Morgan fingerprint density at radius 2 is 2.12 bits per heavy atom. The number of rotatable bonds is 7. The molecule has 1 aliphatic carbocycles. The van der Waals surface area contributed by atoms with E-state index >= 15 is 0 Å². The normalized spacial score (nSPS) is 15.6. The summed E-state index contributed by atoms with van der Waals surface area (Å²) in [4.78, 5) is 6.50. The van der Waals surface area contributed by atoms with Gasteiger partial charge in [0.25, 0.3) is 0 Å². The van der Waals surface area contributed by atoms with Crippen LogP contribution in [0, 0.1) is 0 Å². The van der Waals surface area contributed by atoms with E-state index < -0.39 is 0 Å². The Balaban J connectivity index is 1.71. The molecule has 0 aromatic carbocycles. The van der Waals surface area contributed by atoms with Gasteiger partial charge in [-0.2, -0.15) is 0 Å². The molecule has 0 unspecified atom stereocenters. The molecule has 0 atom stereocenters. The van der Waals surface area contributed by atoms with Crippen molar-refractivity contribution in [3.63, 3.8) is 0 Å². The van der Waals surface area contributed by atoms with E-state index in [1.54, 1.807) is 0 Å². The first-order valence-corrected chi connectivity index (χ1v) is 6.23. The minimum Gasteiger partial charge on any atom is -0.313 e. The van der Waals surface area contributed by atoms with Crippen LogP contribution in [0.1, 0.15) is 25.3 Å². The van der Waals surface area contributed by atoms with Crippen LogP contribution in [0.3, 0.4) is 0 Å². The van der Waals surface area contributed by atoms with Crippen LogP contribution in [0.5, 0.6) is 0 Å². The summed E-state index contributed by atoms with van der Waals surface area (Å²) in [6, 6.07) is 5.01. The third-order valence-corrected chi connectivity index (χ3v) is 3.04. The highest BCUT2D eigenvalue weighted by molar-refractivity contribution is 5.09. The van der Waals surface area contributed by atoms with Gasteiger partial charge in [-0.3, -0.25) is 9.88 Å². The molecule has 1 aromatic rings. The summed E-state index contributed by atoms with van der Waals surface area (Å²) in [5.41, 5.74) is 1.35. The molecule has 1 fully saturated rings. The van der Waals surface area contributed by atoms with Crippen molar-refractivity contribution in [2.75, 3.05) is 19.6 Å². The Bertz CT molecular complexity index is 295. The molecule has 0 amide bonds. The third kappa shape index (κ3) is 3.91. The highest BCUT2D eigenvalue weighted by Crippen LogP contribution is 2.18. The van der Waals surface area contributed by atoms with E-state index in [1.165, 1.54) is 18.4 Å². The smallest absolute Gasteiger partial charge is 0.0271 e. The molecule has 1 heterocycles. The second-order valence-corrected chi connectivity index (χ2v) is 4.45. The summed E-state index contributed by atoms with van der Waals surface area (Å²) in [5, 5.41) is 3.55. The number of hydrogen-bond donors (Lipinski definition) is 1. The summed E-state index contributed by atoms with van der Waals surface area (Å²) in [5.74, 6) is 0. The largest absolute Gasteiger partial charge is 0.313 e. The fourth-order valence-corrected chi connectivity index (χ4v) is 1.81. The van der Waals surface area contributed by atoms with Crippen LogP contribution in [0.4, 0.5) is 0 Å². The van der Waals surface area contributed by atoms with Gasteiger partial charge in [0, 0.05) is 38.1 Å². The van der Waals surface area contributed by atoms with Crippen molar-refractivity contribution >= 4 is 0 Å². The molecule has 1 N–H and O–H groups in total. The van der Waals surface area contributed by atoms with Crippen LogP contribution >= 0.6 is 0 Å². The van der Waals surface area contributed by atoms with Crippen molar-refractivity contribution in [1.29, 1.82) is 0 Å². The minimum absolute atomic E-state index is 0.819. The highest BCUT2D eigenvalue weighted by atomic mass is 15.1. The van der Waals surface area contributed by atoms with Gasteiger partial charge in [0.15, 0.2) is 0 Å². The molecular weight excluding hydrogens is 198 g/mol. The summed E-state index contributed by atoms with van der Waals surface area (Å²) in [6.45, 7) is 6.61. The summed E-state index contributed by atoms with van der Waals surface area (Å²) >= 11 is 0. The van der Waals surface area contributed by atoms with Crippen molar-refractivity contribution in [3.05, 3.63) is 30.1 Å². The Morgan fingerprint density at radius 3 is 2.75 bits per heavy atom. The molecule has 3 nitrogen and oxygen atoms in total. The molecule has 0 bridgehead atoms. The first kappa shape index (κ1) is 11.6. The summed E-state index contributed by atoms with van der Waals surface area (Å²) in [6.07, 6.45) is 6.48. The van der Waals surface area contributed by atoms with Gasteiger partial charge >= 0.3 is 0 Å². The molecule has 0 radical (unpaired) electrons. The van der Waals surface area contributed by atoms with Gasteiger partial charge in [-0.1, -0.05) is 6.92 Å². The molecule has 1 aliphatic rings. The summed E-state index contributed by atoms with van der Waals surface area (Å²) < 4.78 is 0. The predicted molar refractivity (Wildman–Crippen MR) is 66.2 cm³/mol. The monoisotopic (exact) mass is 219 g/mol. The molecule has 3 heteroatoms. The first-order chi connectivity index (χ1) is 7.88. The maximum Gasteiger partial charge on any atom is 0.0271 e. The van der Waals surface area contributed by atoms with Crippen LogP contribution in [0.15, 0.2) is 24.5 Å². The van der Waals surface area contributed by atoms with E-state index in [4.69, 9.17) is 0 Å². The lowest BCUT2D eigenvalue weighted by molar-refractivity contribution is 0.279. The van der Waals surface area contributed by atoms with E-state index in [1.807, 2.05) is 12.4 Å². The Kier molecular flexibility index (Phi) is 4.31. The van der Waals surface area contributed by atoms with Crippen molar-refractivity contribution in [2.24, 2.45) is 0 Å². The lowest BCUT2D eigenvalue weighted by atomic mass is 10.2. The van der Waals surface area contributed by atoms with E-state index in [2.05, 4.69) is 34.3 Å². The SMILES string of the molecule is CCN(CCNC1CC1)Cc1ccncc1. The van der Waals surface area contributed by atoms with Gasteiger partial charge in [-0.15, -0.1) is 0 Å². The molecule has 0 spiro atoms. The number of nitrogens with one attached hydrogen (secondary N) is 1. The Hall–Kier alpha value is -0.930. The zero-order valence-electron chi connectivity index (χ0n) is 10.0. The number of hydrogen-bond acceptors (Lipinski definition) is 3. The maximum atomic E-state index is 4.04. The predicted octanol–water partition coefficient (Wildman–Crippen LogP) is 1.66. The average Bonchev–Trinajstić information content (AvgIpc) is 3.13. The Labute approximate surface area is 97.9 Å². The fourth-order valence-electron chi connectivity index (χ4n) is 1.81. The van der Waals surface area contributed by atoms with Crippen molar-refractivity contribution < 1.29 is 0 Å². The van der Waals surface area contributed by atoms with Crippen LogP contribution in [-0.4, -0.2) is 35.6 Å². The zero-order chi connectivity index (χ0) is 11.2. The number of nitrogens with zero attached hydrogens (tertiary/aromatic N) is 2.